The lowest BCUT2D eigenvalue weighted by atomic mass is 9.48. The van der Waals surface area contributed by atoms with Gasteiger partial charge >= 0.3 is 0 Å². The summed E-state index contributed by atoms with van der Waals surface area (Å²) in [5.74, 6) is 3.96. The SMILES string of the molecule is Cc1cnn(C(C)CC23CC4CC(CC(C4)C2)C3)c1N. The quantitative estimate of drug-likeness (QED) is 0.906. The van der Waals surface area contributed by atoms with E-state index in [1.54, 1.807) is 0 Å². The van der Waals surface area contributed by atoms with Crippen LogP contribution in [0.3, 0.4) is 0 Å². The van der Waals surface area contributed by atoms with E-state index in [0.717, 1.165) is 29.1 Å². The fourth-order valence-electron chi connectivity index (χ4n) is 6.06. The van der Waals surface area contributed by atoms with Crippen molar-refractivity contribution in [2.75, 3.05) is 5.73 Å². The molecule has 110 valence electrons. The Morgan fingerprint density at radius 1 is 1.25 bits per heavy atom. The Morgan fingerprint density at radius 3 is 2.25 bits per heavy atom. The zero-order valence-electron chi connectivity index (χ0n) is 12.8. The highest BCUT2D eigenvalue weighted by Crippen LogP contribution is 2.62. The van der Waals surface area contributed by atoms with Crippen LogP contribution in [-0.2, 0) is 0 Å². The van der Waals surface area contributed by atoms with Gasteiger partial charge in [0.1, 0.15) is 5.82 Å². The van der Waals surface area contributed by atoms with Gasteiger partial charge in [-0.25, -0.2) is 4.68 Å². The van der Waals surface area contributed by atoms with Crippen molar-refractivity contribution in [3.05, 3.63) is 11.8 Å². The van der Waals surface area contributed by atoms with Crippen LogP contribution in [0.15, 0.2) is 6.20 Å². The van der Waals surface area contributed by atoms with Gasteiger partial charge in [0.05, 0.1) is 12.2 Å². The number of hydrogen-bond donors (Lipinski definition) is 1. The summed E-state index contributed by atoms with van der Waals surface area (Å²) in [5.41, 5.74) is 7.90. The first-order valence-corrected chi connectivity index (χ1v) is 8.34. The van der Waals surface area contributed by atoms with Crippen LogP contribution in [0.5, 0.6) is 0 Å². The predicted octanol–water partition coefficient (Wildman–Crippen LogP) is 3.94. The molecule has 2 N–H and O–H groups in total. The van der Waals surface area contributed by atoms with Gasteiger partial charge in [-0.3, -0.25) is 0 Å². The molecule has 1 aromatic rings. The van der Waals surface area contributed by atoms with E-state index in [1.807, 2.05) is 6.20 Å². The lowest BCUT2D eigenvalue weighted by Gasteiger charge is -2.57. The standard InChI is InChI=1S/C17H27N3/c1-11-10-19-20(16(11)18)12(2)6-17-7-13-3-14(8-17)5-15(4-13)9-17/h10,12-15H,3-9,18H2,1-2H3. The van der Waals surface area contributed by atoms with Crippen molar-refractivity contribution in [3.63, 3.8) is 0 Å². The Kier molecular flexibility index (Phi) is 2.71. The van der Waals surface area contributed by atoms with Crippen molar-refractivity contribution in [1.29, 1.82) is 0 Å². The second-order valence-electron chi connectivity index (χ2n) is 8.13. The van der Waals surface area contributed by atoms with Gasteiger partial charge in [0, 0.05) is 5.56 Å². The molecule has 4 bridgehead atoms. The Labute approximate surface area is 121 Å². The lowest BCUT2D eigenvalue weighted by Crippen LogP contribution is -2.46. The molecule has 4 aliphatic rings. The average molecular weight is 273 g/mol. The minimum absolute atomic E-state index is 0.444. The number of nitrogens with zero attached hydrogens (tertiary/aromatic N) is 2. The largest absolute Gasteiger partial charge is 0.384 e. The third-order valence-electron chi connectivity index (χ3n) is 6.34. The number of rotatable bonds is 3. The molecule has 4 aliphatic carbocycles. The fraction of sp³-hybridized carbons (Fsp3) is 0.824. The topological polar surface area (TPSA) is 43.8 Å². The summed E-state index contributed by atoms with van der Waals surface area (Å²) >= 11 is 0. The summed E-state index contributed by atoms with van der Waals surface area (Å²) in [5, 5.41) is 4.51. The average Bonchev–Trinajstić information content (AvgIpc) is 2.67. The van der Waals surface area contributed by atoms with Crippen LogP contribution in [-0.4, -0.2) is 9.78 Å². The molecule has 3 nitrogen and oxygen atoms in total. The maximum atomic E-state index is 6.17. The summed E-state index contributed by atoms with van der Waals surface area (Å²) in [7, 11) is 0. The number of anilines is 1. The van der Waals surface area contributed by atoms with E-state index in [1.165, 1.54) is 44.9 Å². The van der Waals surface area contributed by atoms with Crippen molar-refractivity contribution in [1.82, 2.24) is 9.78 Å². The van der Waals surface area contributed by atoms with E-state index >= 15 is 0 Å². The molecule has 0 aliphatic heterocycles. The van der Waals surface area contributed by atoms with E-state index in [-0.39, 0.29) is 0 Å². The van der Waals surface area contributed by atoms with Crippen LogP contribution in [0.4, 0.5) is 5.82 Å². The van der Waals surface area contributed by atoms with Crippen LogP contribution in [0, 0.1) is 30.1 Å². The molecule has 5 rings (SSSR count). The van der Waals surface area contributed by atoms with Gasteiger partial charge in [-0.15, -0.1) is 0 Å². The molecule has 3 heteroatoms. The lowest BCUT2D eigenvalue weighted by molar-refractivity contribution is -0.0636. The van der Waals surface area contributed by atoms with E-state index in [9.17, 15) is 0 Å². The van der Waals surface area contributed by atoms with E-state index in [0.29, 0.717) is 11.5 Å². The second kappa shape index (κ2) is 4.25. The molecule has 0 amide bonds. The zero-order chi connectivity index (χ0) is 13.9. The normalized spacial score (nSPS) is 40.2. The van der Waals surface area contributed by atoms with Gasteiger partial charge in [0.2, 0.25) is 0 Å². The summed E-state index contributed by atoms with van der Waals surface area (Å²) < 4.78 is 2.06. The smallest absolute Gasteiger partial charge is 0.124 e. The highest BCUT2D eigenvalue weighted by atomic mass is 15.3. The highest BCUT2D eigenvalue weighted by Gasteiger charge is 2.51. The van der Waals surface area contributed by atoms with Gasteiger partial charge < -0.3 is 5.73 Å². The third kappa shape index (κ3) is 1.89. The molecule has 4 saturated carbocycles. The van der Waals surface area contributed by atoms with E-state index < -0.39 is 0 Å². The van der Waals surface area contributed by atoms with Crippen LogP contribution < -0.4 is 5.73 Å². The molecular weight excluding hydrogens is 246 g/mol. The maximum Gasteiger partial charge on any atom is 0.124 e. The summed E-state index contributed by atoms with van der Waals surface area (Å²) in [6.07, 6.45) is 12.2. The monoisotopic (exact) mass is 273 g/mol. The molecule has 20 heavy (non-hydrogen) atoms. The number of aryl methyl sites for hydroxylation is 1. The Morgan fingerprint density at radius 2 is 1.80 bits per heavy atom. The molecule has 1 aromatic heterocycles. The zero-order valence-corrected chi connectivity index (χ0v) is 12.8. The number of hydrogen-bond acceptors (Lipinski definition) is 2. The number of nitrogens with two attached hydrogens (primary N) is 1. The molecule has 1 unspecified atom stereocenters. The van der Waals surface area contributed by atoms with E-state index in [4.69, 9.17) is 5.73 Å². The van der Waals surface area contributed by atoms with Gasteiger partial charge in [-0.1, -0.05) is 0 Å². The van der Waals surface area contributed by atoms with Crippen LogP contribution in [0.2, 0.25) is 0 Å². The molecule has 0 spiro atoms. The molecule has 1 heterocycles. The van der Waals surface area contributed by atoms with Gasteiger partial charge in [-0.2, -0.15) is 5.10 Å². The Hall–Kier alpha value is -0.990. The van der Waals surface area contributed by atoms with Crippen LogP contribution in [0.25, 0.3) is 0 Å². The summed E-state index contributed by atoms with van der Waals surface area (Å²) in [6, 6.07) is 0.444. The molecule has 0 aromatic carbocycles. The van der Waals surface area contributed by atoms with Crippen molar-refractivity contribution < 1.29 is 0 Å². The highest BCUT2D eigenvalue weighted by molar-refractivity contribution is 5.37. The second-order valence-corrected chi connectivity index (χ2v) is 8.13. The predicted molar refractivity (Wildman–Crippen MR) is 81.3 cm³/mol. The van der Waals surface area contributed by atoms with Crippen LogP contribution in [0.1, 0.15) is 63.5 Å². The number of nitrogen functional groups attached to an aromatic ring is 1. The Balaban J connectivity index is 1.55. The summed E-state index contributed by atoms with van der Waals surface area (Å²) in [4.78, 5) is 0. The molecule has 4 fully saturated rings. The molecule has 0 saturated heterocycles. The first-order valence-electron chi connectivity index (χ1n) is 8.34. The molecular formula is C17H27N3. The van der Waals surface area contributed by atoms with Gasteiger partial charge in [0.25, 0.3) is 0 Å². The molecule has 0 radical (unpaired) electrons. The van der Waals surface area contributed by atoms with Gasteiger partial charge in [-0.05, 0) is 82.0 Å². The van der Waals surface area contributed by atoms with Crippen molar-refractivity contribution in [3.8, 4) is 0 Å². The van der Waals surface area contributed by atoms with Crippen LogP contribution >= 0.6 is 0 Å². The minimum atomic E-state index is 0.444. The van der Waals surface area contributed by atoms with E-state index in [2.05, 4.69) is 23.6 Å². The maximum absolute atomic E-state index is 6.17. The van der Waals surface area contributed by atoms with Gasteiger partial charge in [0.15, 0.2) is 0 Å². The van der Waals surface area contributed by atoms with Crippen molar-refractivity contribution >= 4 is 5.82 Å². The fourth-order valence-corrected chi connectivity index (χ4v) is 6.06. The Bertz CT molecular complexity index is 481. The summed E-state index contributed by atoms with van der Waals surface area (Å²) in [6.45, 7) is 4.36. The third-order valence-corrected chi connectivity index (χ3v) is 6.34. The first-order chi connectivity index (χ1) is 9.55. The van der Waals surface area contributed by atoms with Crippen molar-refractivity contribution in [2.24, 2.45) is 23.2 Å². The first kappa shape index (κ1) is 12.7. The molecule has 1 atom stereocenters. The minimum Gasteiger partial charge on any atom is -0.384 e. The van der Waals surface area contributed by atoms with Crippen molar-refractivity contribution in [2.45, 2.75) is 64.8 Å². The number of aromatic nitrogens is 2.